The predicted octanol–water partition coefficient (Wildman–Crippen LogP) is 1.51. The Hall–Kier alpha value is -2.80. The van der Waals surface area contributed by atoms with E-state index in [0.717, 1.165) is 0 Å². The Bertz CT molecular complexity index is 1170. The summed E-state index contributed by atoms with van der Waals surface area (Å²) < 4.78 is 43.8. The lowest BCUT2D eigenvalue weighted by Gasteiger charge is -2.26. The Morgan fingerprint density at radius 1 is 1.29 bits per heavy atom. The highest BCUT2D eigenvalue weighted by Gasteiger charge is 2.56. The van der Waals surface area contributed by atoms with Gasteiger partial charge in [0, 0.05) is 6.20 Å². The summed E-state index contributed by atoms with van der Waals surface area (Å²) >= 11 is 0. The molecule has 6 atom stereocenters. The van der Waals surface area contributed by atoms with Crippen LogP contribution in [0.15, 0.2) is 47.4 Å². The highest BCUT2D eigenvalue weighted by atomic mass is 31.2. The van der Waals surface area contributed by atoms with E-state index in [1.165, 1.54) is 23.8 Å². The third-order valence-corrected chi connectivity index (χ3v) is 6.99. The molecule has 13 nitrogen and oxygen atoms in total. The fraction of sp³-hybridized carbons (Fsp3) is 0.476. The molecular weight excluding hydrogens is 483 g/mol. The summed E-state index contributed by atoms with van der Waals surface area (Å²) in [4.78, 5) is 27.5. The topological polar surface area (TPSA) is 173 Å². The van der Waals surface area contributed by atoms with Gasteiger partial charge in [-0.3, -0.25) is 13.9 Å². The molecule has 2 saturated heterocycles. The van der Waals surface area contributed by atoms with E-state index in [1.54, 1.807) is 44.2 Å². The molecule has 4 rings (SSSR count). The summed E-state index contributed by atoms with van der Waals surface area (Å²) in [6, 6.07) is 8.39. The van der Waals surface area contributed by atoms with Crippen molar-refractivity contribution < 1.29 is 37.7 Å². The minimum Gasteiger partial charge on any atom is -0.480 e. The smallest absolute Gasteiger partial charge is 0.459 e. The van der Waals surface area contributed by atoms with Crippen LogP contribution in [-0.4, -0.2) is 57.4 Å². The van der Waals surface area contributed by atoms with Crippen LogP contribution in [0.25, 0.3) is 0 Å². The number of benzene rings is 1. The van der Waals surface area contributed by atoms with E-state index in [4.69, 9.17) is 29.0 Å². The van der Waals surface area contributed by atoms with E-state index < -0.39 is 55.8 Å². The minimum absolute atomic E-state index is 0.0576. The predicted molar refractivity (Wildman–Crippen MR) is 122 cm³/mol. The van der Waals surface area contributed by atoms with Crippen LogP contribution < -0.4 is 21.0 Å². The molecule has 0 aliphatic carbocycles. The summed E-state index contributed by atoms with van der Waals surface area (Å²) in [6.45, 7) is 4.41. The number of carboxylic acid groups (broad SMARTS) is 1. The Morgan fingerprint density at radius 3 is 2.63 bits per heavy atom. The largest absolute Gasteiger partial charge is 0.480 e. The van der Waals surface area contributed by atoms with Gasteiger partial charge in [0.25, 0.3) is 0 Å². The summed E-state index contributed by atoms with van der Waals surface area (Å²) in [5.74, 6) is -1.96. The van der Waals surface area contributed by atoms with E-state index in [2.05, 4.69) is 10.1 Å². The van der Waals surface area contributed by atoms with Crippen molar-refractivity contribution >= 4 is 19.5 Å². The van der Waals surface area contributed by atoms with Gasteiger partial charge >= 0.3 is 19.4 Å². The number of para-hydroxylation sites is 1. The van der Waals surface area contributed by atoms with Gasteiger partial charge in [0.15, 0.2) is 12.0 Å². The van der Waals surface area contributed by atoms with E-state index in [-0.39, 0.29) is 18.2 Å². The molecule has 2 aliphatic heterocycles. The standard InChI is InChI=1S/C21H27N4O9P/c1-12(19(26)27)24-35(29,34-13-7-5-4-6-8-13)30-11-14-16-17(33-21(2,3)32-16)18(31-14)25-10-9-15(22)23-20(25)28/h4-10,12,14,16-18H,11H2,1-3H3,(H,24,29)(H,26,27)(H2,22,23,28)/t12-,14+,16+,17+,18+,35?/m0/s1. The summed E-state index contributed by atoms with van der Waals surface area (Å²) in [5, 5.41) is 11.7. The minimum atomic E-state index is -4.18. The number of nitrogens with one attached hydrogen (secondary N) is 1. The fourth-order valence-corrected chi connectivity index (χ4v) is 5.32. The molecule has 35 heavy (non-hydrogen) atoms. The van der Waals surface area contributed by atoms with Crippen LogP contribution in [0.4, 0.5) is 5.82 Å². The maximum Gasteiger partial charge on any atom is 0.459 e. The van der Waals surface area contributed by atoms with E-state index >= 15 is 0 Å². The van der Waals surface area contributed by atoms with Crippen molar-refractivity contribution in [3.8, 4) is 5.75 Å². The first kappa shape index (κ1) is 25.3. The van der Waals surface area contributed by atoms with Crippen LogP contribution in [0.3, 0.4) is 0 Å². The SMILES string of the molecule is C[C@H](NP(=O)(OC[C@H]1O[C@@H](n2ccc(N)nc2=O)[C@@H]2OC(C)(C)O[C@@H]21)Oc1ccccc1)C(=O)O. The molecule has 3 heterocycles. The second kappa shape index (κ2) is 9.69. The number of nitrogens with two attached hydrogens (primary N) is 1. The number of hydrogen-bond donors (Lipinski definition) is 3. The van der Waals surface area contributed by atoms with Crippen molar-refractivity contribution in [1.29, 1.82) is 0 Å². The first-order valence-corrected chi connectivity index (χ1v) is 12.4. The number of carbonyl (C=O) groups is 1. The molecule has 1 unspecified atom stereocenters. The van der Waals surface area contributed by atoms with Gasteiger partial charge in [0.1, 0.15) is 35.9 Å². The molecular formula is C21H27N4O9P. The fourth-order valence-electron chi connectivity index (χ4n) is 3.81. The maximum atomic E-state index is 13.5. The molecule has 0 radical (unpaired) electrons. The van der Waals surface area contributed by atoms with Crippen molar-refractivity contribution in [3.05, 3.63) is 53.1 Å². The van der Waals surface area contributed by atoms with Gasteiger partial charge in [0.05, 0.1) is 6.61 Å². The second-order valence-corrected chi connectivity index (χ2v) is 10.3. The van der Waals surface area contributed by atoms with Gasteiger partial charge in [-0.2, -0.15) is 10.1 Å². The lowest BCUT2D eigenvalue weighted by Crippen LogP contribution is -2.36. The average Bonchev–Trinajstić information content (AvgIpc) is 3.26. The number of ether oxygens (including phenoxy) is 3. The van der Waals surface area contributed by atoms with E-state index in [0.29, 0.717) is 0 Å². The van der Waals surface area contributed by atoms with Crippen LogP contribution >= 0.6 is 7.75 Å². The van der Waals surface area contributed by atoms with Gasteiger partial charge in [-0.25, -0.2) is 9.36 Å². The molecule has 0 spiro atoms. The monoisotopic (exact) mass is 510 g/mol. The van der Waals surface area contributed by atoms with Crippen molar-refractivity contribution in [2.24, 2.45) is 0 Å². The van der Waals surface area contributed by atoms with Gasteiger partial charge in [-0.1, -0.05) is 18.2 Å². The average molecular weight is 510 g/mol. The number of rotatable bonds is 9. The number of carboxylic acids is 1. The molecule has 2 fully saturated rings. The van der Waals surface area contributed by atoms with Gasteiger partial charge in [-0.05, 0) is 39.0 Å². The van der Waals surface area contributed by atoms with Crippen molar-refractivity contribution in [2.75, 3.05) is 12.3 Å². The number of nitrogen functional groups attached to an aromatic ring is 1. The summed E-state index contributed by atoms with van der Waals surface area (Å²) in [5.41, 5.74) is 4.95. The number of hydrogen-bond acceptors (Lipinski definition) is 10. The zero-order valence-electron chi connectivity index (χ0n) is 19.3. The van der Waals surface area contributed by atoms with Crippen LogP contribution in [0.5, 0.6) is 5.75 Å². The highest BCUT2D eigenvalue weighted by Crippen LogP contribution is 2.48. The van der Waals surface area contributed by atoms with Crippen LogP contribution in [0, 0.1) is 0 Å². The quantitative estimate of drug-likeness (QED) is 0.416. The number of aliphatic carboxylic acids is 1. The number of anilines is 1. The maximum absolute atomic E-state index is 13.5. The summed E-state index contributed by atoms with van der Waals surface area (Å²) in [7, 11) is -4.18. The Labute approximate surface area is 200 Å². The number of aromatic nitrogens is 2. The number of fused-ring (bicyclic) bond motifs is 1. The van der Waals surface area contributed by atoms with Gasteiger partial charge in [0.2, 0.25) is 0 Å². The molecule has 190 valence electrons. The second-order valence-electron chi connectivity index (χ2n) is 8.56. The van der Waals surface area contributed by atoms with Crippen molar-refractivity contribution in [2.45, 2.75) is 57.1 Å². The summed E-state index contributed by atoms with van der Waals surface area (Å²) in [6.07, 6.45) is -1.73. The molecule has 14 heteroatoms. The highest BCUT2D eigenvalue weighted by molar-refractivity contribution is 7.52. The zero-order valence-corrected chi connectivity index (χ0v) is 20.2. The Kier molecular flexibility index (Phi) is 7.00. The lowest BCUT2D eigenvalue weighted by atomic mass is 10.1. The molecule has 4 N–H and O–H groups in total. The molecule has 0 saturated carbocycles. The third-order valence-electron chi connectivity index (χ3n) is 5.35. The molecule has 0 amide bonds. The first-order chi connectivity index (χ1) is 16.5. The van der Waals surface area contributed by atoms with Gasteiger partial charge < -0.3 is 29.6 Å². The molecule has 0 bridgehead atoms. The molecule has 2 aromatic rings. The van der Waals surface area contributed by atoms with E-state index in [1.807, 2.05) is 0 Å². The molecule has 1 aromatic carbocycles. The number of nitrogens with zero attached hydrogens (tertiary/aromatic N) is 2. The van der Waals surface area contributed by atoms with Crippen molar-refractivity contribution in [3.63, 3.8) is 0 Å². The van der Waals surface area contributed by atoms with Crippen molar-refractivity contribution in [1.82, 2.24) is 14.6 Å². The molecule has 2 aliphatic rings. The van der Waals surface area contributed by atoms with Crippen LogP contribution in [-0.2, 0) is 28.1 Å². The van der Waals surface area contributed by atoms with Crippen LogP contribution in [0.2, 0.25) is 0 Å². The van der Waals surface area contributed by atoms with Gasteiger partial charge in [-0.15, -0.1) is 0 Å². The lowest BCUT2D eigenvalue weighted by molar-refractivity contribution is -0.200. The van der Waals surface area contributed by atoms with Crippen LogP contribution in [0.1, 0.15) is 27.0 Å². The van der Waals surface area contributed by atoms with E-state index in [9.17, 15) is 19.3 Å². The molecule has 1 aromatic heterocycles. The Balaban J connectivity index is 1.56. The third kappa shape index (κ3) is 5.72. The normalized spacial score (nSPS) is 27.6. The first-order valence-electron chi connectivity index (χ1n) is 10.8. The zero-order chi connectivity index (χ0) is 25.4. The Morgan fingerprint density at radius 2 is 1.97 bits per heavy atom.